The number of methoxy groups -OCH3 is 2. The molecular formula is C15H13Cl3N4O3. The van der Waals surface area contributed by atoms with Crippen LogP contribution in [-0.2, 0) is 0 Å². The van der Waals surface area contributed by atoms with Crippen molar-refractivity contribution in [1.82, 2.24) is 10.4 Å². The Morgan fingerprint density at radius 2 is 1.76 bits per heavy atom. The first-order valence-electron chi connectivity index (χ1n) is 6.73. The Kier molecular flexibility index (Phi) is 6.30. The second-order valence-electron chi connectivity index (χ2n) is 4.64. The molecule has 0 bridgehead atoms. The van der Waals surface area contributed by atoms with Crippen molar-refractivity contribution in [3.8, 4) is 11.5 Å². The second kappa shape index (κ2) is 8.24. The lowest BCUT2D eigenvalue weighted by atomic mass is 10.2. The molecule has 0 saturated heterocycles. The smallest absolute Gasteiger partial charge is 0.291 e. The van der Waals surface area contributed by atoms with Crippen molar-refractivity contribution in [2.24, 2.45) is 5.10 Å². The van der Waals surface area contributed by atoms with Crippen LogP contribution in [-0.4, -0.2) is 31.3 Å². The Labute approximate surface area is 158 Å². The number of nitrogen functional groups attached to an aromatic ring is 1. The van der Waals surface area contributed by atoms with Gasteiger partial charge in [0.05, 0.1) is 31.1 Å². The number of amides is 1. The molecule has 25 heavy (non-hydrogen) atoms. The van der Waals surface area contributed by atoms with Gasteiger partial charge in [-0.15, -0.1) is 0 Å². The summed E-state index contributed by atoms with van der Waals surface area (Å²) in [4.78, 5) is 15.9. The number of nitrogens with one attached hydrogen (secondary N) is 1. The zero-order valence-corrected chi connectivity index (χ0v) is 15.4. The van der Waals surface area contributed by atoms with Crippen molar-refractivity contribution in [1.29, 1.82) is 0 Å². The molecule has 0 spiro atoms. The molecule has 7 nitrogen and oxygen atoms in total. The van der Waals surface area contributed by atoms with E-state index in [1.807, 2.05) is 0 Å². The normalized spacial score (nSPS) is 10.8. The van der Waals surface area contributed by atoms with Crippen LogP contribution in [0.2, 0.25) is 15.2 Å². The molecule has 0 aliphatic heterocycles. The number of ether oxygens (including phenoxy) is 2. The Bertz CT molecular complexity index is 821. The summed E-state index contributed by atoms with van der Waals surface area (Å²) in [6.07, 6.45) is 1.40. The molecule has 0 atom stereocenters. The summed E-state index contributed by atoms with van der Waals surface area (Å²) in [6, 6.07) is 5.12. The van der Waals surface area contributed by atoms with Gasteiger partial charge < -0.3 is 15.2 Å². The number of hydrogen-bond acceptors (Lipinski definition) is 6. The Balaban J connectivity index is 2.19. The number of hydrazone groups is 1. The minimum Gasteiger partial charge on any atom is -0.497 e. The minimum atomic E-state index is -0.693. The van der Waals surface area contributed by atoms with Gasteiger partial charge in [0.15, 0.2) is 10.8 Å². The third kappa shape index (κ3) is 4.45. The van der Waals surface area contributed by atoms with E-state index in [2.05, 4.69) is 15.5 Å². The van der Waals surface area contributed by atoms with Gasteiger partial charge in [-0.3, -0.25) is 4.79 Å². The first kappa shape index (κ1) is 19.1. The largest absolute Gasteiger partial charge is 0.497 e. The van der Waals surface area contributed by atoms with E-state index in [0.29, 0.717) is 17.1 Å². The summed E-state index contributed by atoms with van der Waals surface area (Å²) in [5.74, 6) is 0.463. The molecule has 1 amide bonds. The lowest BCUT2D eigenvalue weighted by molar-refractivity contribution is 0.0950. The van der Waals surface area contributed by atoms with Gasteiger partial charge in [-0.1, -0.05) is 34.8 Å². The molecule has 0 aliphatic carbocycles. The number of carbonyl (C=O) groups is 1. The number of anilines is 1. The number of aromatic nitrogens is 1. The Morgan fingerprint density at radius 3 is 2.32 bits per heavy atom. The molecule has 132 valence electrons. The fourth-order valence-corrected chi connectivity index (χ4v) is 2.40. The van der Waals surface area contributed by atoms with Crippen molar-refractivity contribution in [3.63, 3.8) is 0 Å². The summed E-state index contributed by atoms with van der Waals surface area (Å²) in [5.41, 5.74) is 8.38. The molecular weight excluding hydrogens is 391 g/mol. The van der Waals surface area contributed by atoms with E-state index in [1.165, 1.54) is 20.4 Å². The van der Waals surface area contributed by atoms with Crippen molar-refractivity contribution in [3.05, 3.63) is 44.7 Å². The van der Waals surface area contributed by atoms with Gasteiger partial charge in [-0.2, -0.15) is 5.10 Å². The number of benzene rings is 1. The van der Waals surface area contributed by atoms with E-state index in [4.69, 9.17) is 50.0 Å². The van der Waals surface area contributed by atoms with Crippen LogP contribution in [0, 0.1) is 0 Å². The van der Waals surface area contributed by atoms with Crippen LogP contribution in [0.25, 0.3) is 0 Å². The molecule has 1 heterocycles. The maximum absolute atomic E-state index is 12.1. The summed E-state index contributed by atoms with van der Waals surface area (Å²) in [6.45, 7) is 0. The van der Waals surface area contributed by atoms with Gasteiger partial charge in [0.25, 0.3) is 5.91 Å². The van der Waals surface area contributed by atoms with E-state index in [9.17, 15) is 4.79 Å². The van der Waals surface area contributed by atoms with Crippen LogP contribution in [0.1, 0.15) is 16.1 Å². The fourth-order valence-electron chi connectivity index (χ4n) is 1.80. The predicted molar refractivity (Wildman–Crippen MR) is 98.3 cm³/mol. The molecule has 1 aromatic carbocycles. The highest BCUT2D eigenvalue weighted by Crippen LogP contribution is 2.34. The number of rotatable bonds is 5. The van der Waals surface area contributed by atoms with Crippen molar-refractivity contribution in [2.75, 3.05) is 20.0 Å². The Morgan fingerprint density at radius 1 is 1.16 bits per heavy atom. The maximum atomic E-state index is 12.1. The minimum absolute atomic E-state index is 0.0183. The topological polar surface area (TPSA) is 98.8 Å². The van der Waals surface area contributed by atoms with Crippen molar-refractivity contribution < 1.29 is 14.3 Å². The number of hydrogen-bond donors (Lipinski definition) is 2. The fraction of sp³-hybridized carbons (Fsp3) is 0.133. The van der Waals surface area contributed by atoms with E-state index in [1.54, 1.807) is 18.2 Å². The van der Waals surface area contributed by atoms with E-state index >= 15 is 0 Å². The van der Waals surface area contributed by atoms with Crippen LogP contribution < -0.4 is 20.6 Å². The molecule has 0 aliphatic rings. The molecule has 0 saturated carbocycles. The molecule has 3 N–H and O–H groups in total. The SMILES string of the molecule is COc1cc(/C=N/NC(=O)c2nc(Cl)c(Cl)c(N)c2Cl)cc(OC)c1. The van der Waals surface area contributed by atoms with Gasteiger partial charge in [0.2, 0.25) is 0 Å². The maximum Gasteiger partial charge on any atom is 0.291 e. The van der Waals surface area contributed by atoms with E-state index < -0.39 is 5.91 Å². The van der Waals surface area contributed by atoms with Crippen molar-refractivity contribution >= 4 is 52.6 Å². The number of halogens is 3. The van der Waals surface area contributed by atoms with E-state index in [0.717, 1.165) is 0 Å². The molecule has 0 unspecified atom stereocenters. The summed E-state index contributed by atoms with van der Waals surface area (Å²) in [7, 11) is 3.06. The van der Waals surface area contributed by atoms with Gasteiger partial charge in [0, 0.05) is 11.6 Å². The summed E-state index contributed by atoms with van der Waals surface area (Å²) in [5, 5.41) is 3.59. The van der Waals surface area contributed by atoms with Crippen LogP contribution >= 0.6 is 34.8 Å². The standard InChI is InChI=1S/C15H13Cl3N4O3/c1-24-8-3-7(4-9(5-8)25-2)6-20-22-15(23)13-10(16)12(19)11(17)14(18)21-13/h3-6H,1-2H3,(H2,19,21)(H,22,23)/b20-6+. The molecule has 2 rings (SSSR count). The average Bonchev–Trinajstić information content (AvgIpc) is 2.62. The highest BCUT2D eigenvalue weighted by atomic mass is 35.5. The monoisotopic (exact) mass is 402 g/mol. The number of carbonyl (C=O) groups excluding carboxylic acids is 1. The van der Waals surface area contributed by atoms with E-state index in [-0.39, 0.29) is 26.6 Å². The molecule has 10 heteroatoms. The lowest BCUT2D eigenvalue weighted by Crippen LogP contribution is -2.20. The predicted octanol–water partition coefficient (Wildman–Crippen LogP) is 3.41. The summed E-state index contributed by atoms with van der Waals surface area (Å²) < 4.78 is 10.3. The molecule has 0 radical (unpaired) electrons. The highest BCUT2D eigenvalue weighted by molar-refractivity contribution is 6.46. The van der Waals surface area contributed by atoms with Gasteiger partial charge >= 0.3 is 0 Å². The van der Waals surface area contributed by atoms with Crippen LogP contribution in [0.15, 0.2) is 23.3 Å². The third-order valence-electron chi connectivity index (χ3n) is 3.04. The quantitative estimate of drug-likeness (QED) is 0.453. The third-order valence-corrected chi connectivity index (χ3v) is 4.18. The number of nitrogens with two attached hydrogens (primary N) is 1. The zero-order valence-electron chi connectivity index (χ0n) is 13.1. The van der Waals surface area contributed by atoms with Gasteiger partial charge in [-0.05, 0) is 12.1 Å². The van der Waals surface area contributed by atoms with Crippen LogP contribution in [0.5, 0.6) is 11.5 Å². The molecule has 0 fully saturated rings. The van der Waals surface area contributed by atoms with Crippen LogP contribution in [0.3, 0.4) is 0 Å². The second-order valence-corrected chi connectivity index (χ2v) is 5.75. The van der Waals surface area contributed by atoms with Gasteiger partial charge in [0.1, 0.15) is 16.5 Å². The lowest BCUT2D eigenvalue weighted by Gasteiger charge is -2.08. The van der Waals surface area contributed by atoms with Crippen molar-refractivity contribution in [2.45, 2.75) is 0 Å². The highest BCUT2D eigenvalue weighted by Gasteiger charge is 2.19. The first-order valence-corrected chi connectivity index (χ1v) is 7.87. The van der Waals surface area contributed by atoms with Crippen LogP contribution in [0.4, 0.5) is 5.69 Å². The first-order chi connectivity index (χ1) is 11.9. The average molecular weight is 404 g/mol. The van der Waals surface area contributed by atoms with Gasteiger partial charge in [-0.25, -0.2) is 10.4 Å². The number of nitrogens with zero attached hydrogens (tertiary/aromatic N) is 2. The Hall–Kier alpha value is -2.22. The summed E-state index contributed by atoms with van der Waals surface area (Å²) >= 11 is 17.6. The molecule has 1 aromatic heterocycles. The molecule has 2 aromatic rings. The number of pyridine rings is 1. The zero-order chi connectivity index (χ0) is 18.6.